The van der Waals surface area contributed by atoms with Gasteiger partial charge in [0.1, 0.15) is 0 Å². The molecule has 17 heavy (non-hydrogen) atoms. The number of rotatable bonds is 8. The van der Waals surface area contributed by atoms with Crippen molar-refractivity contribution in [2.45, 2.75) is 57.4 Å². The molecule has 0 saturated heterocycles. The van der Waals surface area contributed by atoms with E-state index in [0.717, 1.165) is 13.0 Å². The molecule has 1 atom stereocenters. The normalized spacial score (nSPS) is 19.4. The number of ether oxygens (including phenoxy) is 2. The molecule has 0 radical (unpaired) electrons. The van der Waals surface area contributed by atoms with Crippen LogP contribution in [0.1, 0.15) is 39.0 Å². The molecule has 0 aromatic rings. The molecule has 0 amide bonds. The molecule has 1 aliphatic rings. The van der Waals surface area contributed by atoms with E-state index in [1.807, 2.05) is 0 Å². The average Bonchev–Trinajstić information content (AvgIpc) is 2.88. The van der Waals surface area contributed by atoms with Crippen molar-refractivity contribution in [3.05, 3.63) is 0 Å². The van der Waals surface area contributed by atoms with Gasteiger partial charge in [-0.3, -0.25) is 4.90 Å². The molecule has 2 N–H and O–H groups in total. The molecular formula is C13H28N2O2. The third-order valence-electron chi connectivity index (χ3n) is 3.89. The fourth-order valence-corrected chi connectivity index (χ4v) is 2.93. The molecule has 1 saturated carbocycles. The highest BCUT2D eigenvalue weighted by Crippen LogP contribution is 2.26. The number of nitrogens with zero attached hydrogens (tertiary/aromatic N) is 1. The van der Waals surface area contributed by atoms with Crippen molar-refractivity contribution in [3.63, 3.8) is 0 Å². The molecule has 4 nitrogen and oxygen atoms in total. The lowest BCUT2D eigenvalue weighted by Crippen LogP contribution is -2.47. The smallest absolute Gasteiger partial charge is 0.158 e. The van der Waals surface area contributed by atoms with Gasteiger partial charge in [0.25, 0.3) is 0 Å². The van der Waals surface area contributed by atoms with E-state index in [2.05, 4.69) is 11.8 Å². The van der Waals surface area contributed by atoms with Gasteiger partial charge in [-0.1, -0.05) is 19.8 Å². The van der Waals surface area contributed by atoms with E-state index in [-0.39, 0.29) is 6.29 Å². The van der Waals surface area contributed by atoms with Crippen molar-refractivity contribution in [1.82, 2.24) is 4.90 Å². The van der Waals surface area contributed by atoms with Crippen LogP contribution < -0.4 is 5.73 Å². The number of nitrogens with two attached hydrogens (primary N) is 1. The summed E-state index contributed by atoms with van der Waals surface area (Å²) >= 11 is 0. The highest BCUT2D eigenvalue weighted by molar-refractivity contribution is 4.83. The summed E-state index contributed by atoms with van der Waals surface area (Å²) in [6.07, 6.45) is 6.06. The van der Waals surface area contributed by atoms with Crippen LogP contribution in [0.2, 0.25) is 0 Å². The minimum Gasteiger partial charge on any atom is -0.356 e. The van der Waals surface area contributed by atoms with Gasteiger partial charge >= 0.3 is 0 Å². The van der Waals surface area contributed by atoms with Crippen LogP contribution in [0.4, 0.5) is 0 Å². The first-order valence-electron chi connectivity index (χ1n) is 6.78. The molecule has 102 valence electrons. The van der Waals surface area contributed by atoms with Gasteiger partial charge in [0.2, 0.25) is 0 Å². The van der Waals surface area contributed by atoms with Gasteiger partial charge in [-0.05, 0) is 19.4 Å². The fraction of sp³-hybridized carbons (Fsp3) is 1.00. The second-order valence-corrected chi connectivity index (χ2v) is 4.79. The Bertz CT molecular complexity index is 192. The van der Waals surface area contributed by atoms with Gasteiger partial charge in [0.05, 0.1) is 0 Å². The molecule has 0 heterocycles. The zero-order valence-corrected chi connectivity index (χ0v) is 11.5. The van der Waals surface area contributed by atoms with Crippen molar-refractivity contribution in [3.8, 4) is 0 Å². The minimum absolute atomic E-state index is 0.140. The van der Waals surface area contributed by atoms with Crippen LogP contribution in [0.5, 0.6) is 0 Å². The Balaban J connectivity index is 2.55. The Morgan fingerprint density at radius 1 is 1.24 bits per heavy atom. The molecule has 0 aliphatic heterocycles. The summed E-state index contributed by atoms with van der Waals surface area (Å²) in [5, 5.41) is 0. The van der Waals surface area contributed by atoms with Gasteiger partial charge in [0.15, 0.2) is 6.29 Å². The number of hydrogen-bond donors (Lipinski definition) is 1. The quantitative estimate of drug-likeness (QED) is 0.659. The van der Waals surface area contributed by atoms with Gasteiger partial charge in [-0.15, -0.1) is 0 Å². The lowest BCUT2D eigenvalue weighted by molar-refractivity contribution is -0.118. The van der Waals surface area contributed by atoms with Crippen LogP contribution in [0.15, 0.2) is 0 Å². The molecule has 0 bridgehead atoms. The number of methoxy groups -OCH3 is 2. The van der Waals surface area contributed by atoms with E-state index in [1.165, 1.54) is 25.7 Å². The standard InChI is InChI=1S/C13H28N2O2/c1-4-15(11-7-5-6-8-11)12(10-14)9-13(16-2)17-3/h11-13H,4-10,14H2,1-3H3. The van der Waals surface area contributed by atoms with E-state index < -0.39 is 0 Å². The zero-order valence-electron chi connectivity index (χ0n) is 11.5. The van der Waals surface area contributed by atoms with Gasteiger partial charge in [0, 0.05) is 39.3 Å². The van der Waals surface area contributed by atoms with Crippen molar-refractivity contribution < 1.29 is 9.47 Å². The molecular weight excluding hydrogens is 216 g/mol. The summed E-state index contributed by atoms with van der Waals surface area (Å²) < 4.78 is 10.6. The van der Waals surface area contributed by atoms with Crippen LogP contribution in [0, 0.1) is 0 Å². The number of hydrogen-bond acceptors (Lipinski definition) is 4. The highest BCUT2D eigenvalue weighted by atomic mass is 16.7. The van der Waals surface area contributed by atoms with Crippen LogP contribution in [-0.4, -0.2) is 50.6 Å². The maximum absolute atomic E-state index is 5.92. The summed E-state index contributed by atoms with van der Waals surface area (Å²) in [6, 6.07) is 1.08. The molecule has 0 spiro atoms. The molecule has 4 heteroatoms. The predicted molar refractivity (Wildman–Crippen MR) is 69.9 cm³/mol. The summed E-state index contributed by atoms with van der Waals surface area (Å²) in [4.78, 5) is 2.54. The molecule has 1 aliphatic carbocycles. The second kappa shape index (κ2) is 8.03. The van der Waals surface area contributed by atoms with Crippen LogP contribution in [-0.2, 0) is 9.47 Å². The van der Waals surface area contributed by atoms with Gasteiger partial charge in [-0.2, -0.15) is 0 Å². The van der Waals surface area contributed by atoms with Crippen molar-refractivity contribution >= 4 is 0 Å². The molecule has 1 fully saturated rings. The fourth-order valence-electron chi connectivity index (χ4n) is 2.93. The lowest BCUT2D eigenvalue weighted by Gasteiger charge is -2.36. The zero-order chi connectivity index (χ0) is 12.7. The summed E-state index contributed by atoms with van der Waals surface area (Å²) in [5.41, 5.74) is 5.92. The Morgan fingerprint density at radius 3 is 2.24 bits per heavy atom. The van der Waals surface area contributed by atoms with E-state index in [0.29, 0.717) is 18.6 Å². The van der Waals surface area contributed by atoms with E-state index in [1.54, 1.807) is 14.2 Å². The summed E-state index contributed by atoms with van der Waals surface area (Å²) in [5.74, 6) is 0. The maximum atomic E-state index is 5.92. The predicted octanol–water partition coefficient (Wildman–Crippen LogP) is 1.59. The van der Waals surface area contributed by atoms with Crippen LogP contribution in [0.25, 0.3) is 0 Å². The topological polar surface area (TPSA) is 47.7 Å². The third kappa shape index (κ3) is 4.21. The monoisotopic (exact) mass is 244 g/mol. The molecule has 0 aromatic carbocycles. The summed E-state index contributed by atoms with van der Waals surface area (Å²) in [6.45, 7) is 3.95. The number of likely N-dealkylation sites (N-methyl/N-ethyl adjacent to an activating group) is 1. The van der Waals surface area contributed by atoms with Crippen molar-refractivity contribution in [1.29, 1.82) is 0 Å². The largest absolute Gasteiger partial charge is 0.356 e. The first kappa shape index (κ1) is 14.9. The summed E-state index contributed by atoms with van der Waals surface area (Å²) in [7, 11) is 3.38. The van der Waals surface area contributed by atoms with Crippen molar-refractivity contribution in [2.24, 2.45) is 5.73 Å². The Morgan fingerprint density at radius 2 is 1.82 bits per heavy atom. The van der Waals surface area contributed by atoms with Gasteiger partial charge < -0.3 is 15.2 Å². The van der Waals surface area contributed by atoms with Crippen LogP contribution in [0.3, 0.4) is 0 Å². The third-order valence-corrected chi connectivity index (χ3v) is 3.89. The SMILES string of the molecule is CCN(C1CCCC1)C(CN)CC(OC)OC. The highest BCUT2D eigenvalue weighted by Gasteiger charge is 2.28. The average molecular weight is 244 g/mol. The first-order chi connectivity index (χ1) is 8.26. The lowest BCUT2D eigenvalue weighted by atomic mass is 10.1. The minimum atomic E-state index is -0.140. The van der Waals surface area contributed by atoms with E-state index in [9.17, 15) is 0 Å². The maximum Gasteiger partial charge on any atom is 0.158 e. The van der Waals surface area contributed by atoms with E-state index >= 15 is 0 Å². The van der Waals surface area contributed by atoms with Crippen molar-refractivity contribution in [2.75, 3.05) is 27.3 Å². The molecule has 1 rings (SSSR count). The molecule has 0 aromatic heterocycles. The van der Waals surface area contributed by atoms with Gasteiger partial charge in [-0.25, -0.2) is 0 Å². The molecule has 1 unspecified atom stereocenters. The van der Waals surface area contributed by atoms with E-state index in [4.69, 9.17) is 15.2 Å². The second-order valence-electron chi connectivity index (χ2n) is 4.79. The Labute approximate surface area is 105 Å². The Kier molecular flexibility index (Phi) is 7.04. The van der Waals surface area contributed by atoms with Crippen LogP contribution >= 0.6 is 0 Å². The Hall–Kier alpha value is -0.160. The first-order valence-corrected chi connectivity index (χ1v) is 6.78.